The highest BCUT2D eigenvalue weighted by atomic mass is 19.2. The molecule has 4 aromatic rings. The van der Waals surface area contributed by atoms with Gasteiger partial charge in [-0.3, -0.25) is 18.8 Å². The van der Waals surface area contributed by atoms with Crippen LogP contribution in [0.3, 0.4) is 0 Å². The number of benzene rings is 2. The number of piperidine rings is 1. The third-order valence-electron chi connectivity index (χ3n) is 12.5. The highest BCUT2D eigenvalue weighted by Crippen LogP contribution is 2.42. The third kappa shape index (κ3) is 7.73. The van der Waals surface area contributed by atoms with Crippen LogP contribution in [-0.2, 0) is 20.7 Å². The average Bonchev–Trinajstić information content (AvgIpc) is 3.64. The summed E-state index contributed by atoms with van der Waals surface area (Å²) < 4.78 is 42.3. The first-order chi connectivity index (χ1) is 27.0. The van der Waals surface area contributed by atoms with Gasteiger partial charge in [0.2, 0.25) is 5.82 Å². The second kappa shape index (κ2) is 16.3. The number of carbonyl (C=O) groups is 3. The van der Waals surface area contributed by atoms with E-state index in [1.807, 2.05) is 13.0 Å². The van der Waals surface area contributed by atoms with Crippen molar-refractivity contribution in [2.75, 3.05) is 65.9 Å². The number of ether oxygens (including phenoxy) is 2. The second-order valence-corrected chi connectivity index (χ2v) is 16.1. The number of aryl methyl sites for hydroxylation is 1. The molecule has 0 spiro atoms. The molecule has 0 bridgehead atoms. The first-order valence-electron chi connectivity index (χ1n) is 19.7. The summed E-state index contributed by atoms with van der Waals surface area (Å²) >= 11 is 0. The Bertz CT molecular complexity index is 2100. The Hall–Kier alpha value is -4.95. The van der Waals surface area contributed by atoms with Crippen molar-refractivity contribution in [3.8, 4) is 17.0 Å². The number of hydrogen-bond acceptors (Lipinski definition) is 9. The number of esters is 1. The molecule has 0 radical (unpaired) electrons. The Morgan fingerprint density at radius 3 is 2.39 bits per heavy atom. The van der Waals surface area contributed by atoms with Crippen molar-refractivity contribution >= 4 is 34.8 Å². The van der Waals surface area contributed by atoms with Crippen LogP contribution < -0.4 is 20.7 Å². The van der Waals surface area contributed by atoms with Crippen molar-refractivity contribution < 1.29 is 37.1 Å². The number of imidazole rings is 1. The fourth-order valence-corrected chi connectivity index (χ4v) is 8.98. The van der Waals surface area contributed by atoms with Gasteiger partial charge < -0.3 is 29.9 Å². The molecule has 0 atom stereocenters. The number of Topliss-reactive ketones (excluding diaryl/α,β-unsaturated/α-hetero) is 1. The van der Waals surface area contributed by atoms with E-state index < -0.39 is 17.0 Å². The van der Waals surface area contributed by atoms with Crippen LogP contribution in [0.15, 0.2) is 48.9 Å². The number of anilines is 2. The summed E-state index contributed by atoms with van der Waals surface area (Å²) in [5.41, 5.74) is 1.74. The third-order valence-corrected chi connectivity index (χ3v) is 12.5. The fourth-order valence-electron chi connectivity index (χ4n) is 8.98. The van der Waals surface area contributed by atoms with Gasteiger partial charge in [0.05, 0.1) is 58.2 Å². The van der Waals surface area contributed by atoms with Gasteiger partial charge in [0.1, 0.15) is 5.78 Å². The minimum atomic E-state index is -1.09. The smallest absolute Gasteiger partial charge is 0.313 e. The van der Waals surface area contributed by atoms with Crippen molar-refractivity contribution in [2.45, 2.75) is 51.9 Å². The highest BCUT2D eigenvalue weighted by Gasteiger charge is 2.46. The molecule has 0 unspecified atom stereocenters. The zero-order chi connectivity index (χ0) is 39.6. The van der Waals surface area contributed by atoms with Crippen molar-refractivity contribution in [2.24, 2.45) is 23.2 Å². The molecule has 4 heterocycles. The van der Waals surface area contributed by atoms with Crippen LogP contribution in [0.4, 0.5) is 20.3 Å². The van der Waals surface area contributed by atoms with Crippen molar-refractivity contribution in [3.63, 3.8) is 0 Å². The molecule has 2 aromatic carbocycles. The minimum Gasteiger partial charge on any atom is -0.494 e. The van der Waals surface area contributed by atoms with E-state index in [2.05, 4.69) is 33.0 Å². The number of nitrogens with zero attached hydrogens (tertiary/aromatic N) is 4. The molecule has 2 saturated heterocycles. The highest BCUT2D eigenvalue weighted by molar-refractivity contribution is 5.96. The van der Waals surface area contributed by atoms with Crippen LogP contribution in [0, 0.1) is 34.8 Å². The fraction of sp³-hybridized carbons (Fsp3) is 0.500. The molecule has 1 amide bonds. The van der Waals surface area contributed by atoms with E-state index >= 15 is 0 Å². The SMILES string of the molecule is CCc1cc(Nc2nccn3c(-c4ccc(OC)c(F)c4F)cnc23)ccc1C(=O)NCC1(C(=O)OC)CCC(C(=O)C2CC[N+](C)(CC3CNC3)CC2)CC1. The second-order valence-electron chi connectivity index (χ2n) is 16.1. The van der Waals surface area contributed by atoms with Crippen LogP contribution in [0.1, 0.15) is 61.4 Å². The Labute approximate surface area is 326 Å². The van der Waals surface area contributed by atoms with Gasteiger partial charge in [0.25, 0.3) is 5.91 Å². The molecule has 3 fully saturated rings. The van der Waals surface area contributed by atoms with Gasteiger partial charge in [-0.2, -0.15) is 4.39 Å². The zero-order valence-electron chi connectivity index (χ0n) is 32.6. The summed E-state index contributed by atoms with van der Waals surface area (Å²) in [5.74, 6) is -1.53. The van der Waals surface area contributed by atoms with Gasteiger partial charge in [-0.05, 0) is 68.0 Å². The van der Waals surface area contributed by atoms with E-state index in [1.54, 1.807) is 22.7 Å². The van der Waals surface area contributed by atoms with Crippen LogP contribution in [0.25, 0.3) is 16.9 Å². The Morgan fingerprint density at radius 1 is 1.00 bits per heavy atom. The topological polar surface area (TPSA) is 136 Å². The first-order valence-corrected chi connectivity index (χ1v) is 19.7. The number of hydrogen-bond donors (Lipinski definition) is 3. The van der Waals surface area contributed by atoms with Gasteiger partial charge in [-0.25, -0.2) is 14.4 Å². The predicted octanol–water partition coefficient (Wildman–Crippen LogP) is 5.71. The van der Waals surface area contributed by atoms with Crippen LogP contribution in [0.5, 0.6) is 5.75 Å². The number of likely N-dealkylation sites (tertiary alicyclic amines) is 1. The molecule has 14 heteroatoms. The maximum absolute atomic E-state index is 15.0. The van der Waals surface area contributed by atoms with E-state index in [0.717, 1.165) is 55.0 Å². The summed E-state index contributed by atoms with van der Waals surface area (Å²) in [7, 11) is 4.97. The Balaban J connectivity index is 0.987. The maximum Gasteiger partial charge on any atom is 0.313 e. The molecule has 2 aromatic heterocycles. The summed E-state index contributed by atoms with van der Waals surface area (Å²) in [6.07, 6.45) is 9.13. The van der Waals surface area contributed by atoms with Crippen LogP contribution in [-0.4, -0.2) is 97.0 Å². The van der Waals surface area contributed by atoms with Crippen molar-refractivity contribution in [1.29, 1.82) is 0 Å². The summed E-state index contributed by atoms with van der Waals surface area (Å²) in [5, 5.41) is 9.65. The molecular formula is C42H52F2N7O5+. The number of halogens is 2. The average molecular weight is 773 g/mol. The standard InChI is InChI=1S/C42H51F2N7O5/c1-5-27-20-30(49-38-39-47-23-33(50(39)17-16-46-38)32-8-9-34(55-3)36(44)35(32)43)6-7-31(27)40(53)48-25-42(41(54)56-4)14-10-28(11-15-42)37(52)29-12-18-51(2,19-13-29)24-26-21-45-22-26/h6-9,16-17,20,23,26,28-29,45H,5,10-15,18-19,21-22,24-25H2,1-4H3,(H-,46,48,49,53)/p+1. The number of fused-ring (bicyclic) bond motifs is 1. The largest absolute Gasteiger partial charge is 0.494 e. The Morgan fingerprint density at radius 2 is 1.73 bits per heavy atom. The van der Waals surface area contributed by atoms with Crippen LogP contribution in [0.2, 0.25) is 0 Å². The molecule has 298 valence electrons. The van der Waals surface area contributed by atoms with E-state index in [9.17, 15) is 23.2 Å². The molecule has 1 saturated carbocycles. The van der Waals surface area contributed by atoms with E-state index in [4.69, 9.17) is 9.47 Å². The summed E-state index contributed by atoms with van der Waals surface area (Å²) in [6.45, 7) is 7.49. The zero-order valence-corrected chi connectivity index (χ0v) is 32.6. The lowest BCUT2D eigenvalue weighted by molar-refractivity contribution is -0.918. The number of quaternary nitrogens is 1. The van der Waals surface area contributed by atoms with E-state index in [0.29, 0.717) is 66.3 Å². The Kier molecular flexibility index (Phi) is 11.4. The summed E-state index contributed by atoms with van der Waals surface area (Å²) in [4.78, 5) is 49.5. The predicted molar refractivity (Wildman–Crippen MR) is 208 cm³/mol. The minimum absolute atomic E-state index is 0.0195. The van der Waals surface area contributed by atoms with Gasteiger partial charge in [-0.1, -0.05) is 6.92 Å². The quantitative estimate of drug-likeness (QED) is 0.115. The normalized spacial score (nSPS) is 24.0. The first kappa shape index (κ1) is 39.3. The van der Waals surface area contributed by atoms with Crippen molar-refractivity contribution in [3.05, 3.63) is 71.7 Å². The number of nitrogens with one attached hydrogen (secondary N) is 3. The van der Waals surface area contributed by atoms with Crippen molar-refractivity contribution in [1.82, 2.24) is 25.0 Å². The lowest BCUT2D eigenvalue weighted by Crippen LogP contribution is -2.58. The van der Waals surface area contributed by atoms with Gasteiger partial charge in [0, 0.05) is 79.4 Å². The molecule has 3 aliphatic rings. The van der Waals surface area contributed by atoms with E-state index in [1.165, 1.54) is 45.3 Å². The molecule has 56 heavy (non-hydrogen) atoms. The van der Waals surface area contributed by atoms with Gasteiger partial charge >= 0.3 is 5.97 Å². The number of ketones is 1. The molecule has 2 aliphatic heterocycles. The lowest BCUT2D eigenvalue weighted by atomic mass is 9.67. The molecular weight excluding hydrogens is 721 g/mol. The number of carbonyl (C=O) groups excluding carboxylic acids is 3. The number of aromatic nitrogens is 3. The van der Waals surface area contributed by atoms with Crippen LogP contribution >= 0.6 is 0 Å². The molecule has 7 rings (SSSR count). The number of amides is 1. The molecule has 3 N–H and O–H groups in total. The van der Waals surface area contributed by atoms with Gasteiger partial charge in [0.15, 0.2) is 23.0 Å². The number of methoxy groups -OCH3 is 2. The van der Waals surface area contributed by atoms with Gasteiger partial charge in [-0.15, -0.1) is 0 Å². The lowest BCUT2D eigenvalue weighted by Gasteiger charge is -2.45. The molecule has 12 nitrogen and oxygen atoms in total. The van der Waals surface area contributed by atoms with E-state index in [-0.39, 0.29) is 41.6 Å². The number of rotatable bonds is 13. The monoisotopic (exact) mass is 772 g/mol. The summed E-state index contributed by atoms with van der Waals surface area (Å²) in [6, 6.07) is 8.13. The molecule has 1 aliphatic carbocycles. The maximum atomic E-state index is 15.0.